The summed E-state index contributed by atoms with van der Waals surface area (Å²) in [6.45, 7) is 2.02. The molecule has 0 bridgehead atoms. The zero-order chi connectivity index (χ0) is 23.9. The van der Waals surface area contributed by atoms with Gasteiger partial charge in [-0.3, -0.25) is 4.79 Å². The summed E-state index contributed by atoms with van der Waals surface area (Å²) in [6.07, 6.45) is 0.154. The Labute approximate surface area is 202 Å². The van der Waals surface area contributed by atoms with E-state index in [2.05, 4.69) is 11.4 Å². The number of aryl methyl sites for hydroxylation is 1. The first-order valence-corrected chi connectivity index (χ1v) is 11.8. The SMILES string of the molecule is Cc1ccc(-c2cc(-c3ccccc3)nc(SCCC(=O)Nc3ccccc3F)c2C#N)cc1. The quantitative estimate of drug-likeness (QED) is 0.302. The Kier molecular flexibility index (Phi) is 7.36. The number of benzene rings is 3. The molecule has 0 atom stereocenters. The highest BCUT2D eigenvalue weighted by Gasteiger charge is 2.16. The van der Waals surface area contributed by atoms with E-state index in [9.17, 15) is 14.4 Å². The van der Waals surface area contributed by atoms with Gasteiger partial charge >= 0.3 is 0 Å². The molecule has 1 amide bonds. The number of aromatic nitrogens is 1. The number of thioether (sulfide) groups is 1. The second-order valence-electron chi connectivity index (χ2n) is 7.71. The van der Waals surface area contributed by atoms with Gasteiger partial charge in [-0.15, -0.1) is 11.8 Å². The molecule has 0 aliphatic heterocycles. The van der Waals surface area contributed by atoms with Crippen LogP contribution in [0.3, 0.4) is 0 Å². The average molecular weight is 468 g/mol. The molecule has 0 saturated heterocycles. The van der Waals surface area contributed by atoms with Gasteiger partial charge in [0.05, 0.1) is 16.9 Å². The van der Waals surface area contributed by atoms with Crippen LogP contribution in [-0.4, -0.2) is 16.6 Å². The molecule has 168 valence electrons. The maximum Gasteiger partial charge on any atom is 0.225 e. The van der Waals surface area contributed by atoms with Gasteiger partial charge in [0.25, 0.3) is 0 Å². The van der Waals surface area contributed by atoms with Gasteiger partial charge in [0.15, 0.2) is 0 Å². The van der Waals surface area contributed by atoms with Crippen molar-refractivity contribution < 1.29 is 9.18 Å². The molecule has 0 aliphatic rings. The summed E-state index contributed by atoms with van der Waals surface area (Å²) in [5.41, 5.74) is 5.20. The highest BCUT2D eigenvalue weighted by atomic mass is 32.2. The van der Waals surface area contributed by atoms with Crippen molar-refractivity contribution in [3.8, 4) is 28.5 Å². The molecule has 0 saturated carbocycles. The zero-order valence-electron chi connectivity index (χ0n) is 18.6. The molecule has 0 fully saturated rings. The van der Waals surface area contributed by atoms with Crippen LogP contribution >= 0.6 is 11.8 Å². The van der Waals surface area contributed by atoms with Crippen LogP contribution in [0.2, 0.25) is 0 Å². The summed E-state index contributed by atoms with van der Waals surface area (Å²) in [4.78, 5) is 17.1. The number of amides is 1. The maximum atomic E-state index is 13.8. The normalized spacial score (nSPS) is 10.5. The molecule has 6 heteroatoms. The van der Waals surface area contributed by atoms with E-state index in [1.807, 2.05) is 67.6 Å². The molecule has 0 unspecified atom stereocenters. The lowest BCUT2D eigenvalue weighted by atomic mass is 9.98. The van der Waals surface area contributed by atoms with Gasteiger partial charge in [-0.25, -0.2) is 9.37 Å². The predicted octanol–water partition coefficient (Wildman–Crippen LogP) is 6.86. The van der Waals surface area contributed by atoms with E-state index >= 15 is 0 Å². The molecule has 1 N–H and O–H groups in total. The van der Waals surface area contributed by atoms with E-state index in [1.54, 1.807) is 12.1 Å². The van der Waals surface area contributed by atoms with Crippen LogP contribution in [0, 0.1) is 24.1 Å². The lowest BCUT2D eigenvalue weighted by molar-refractivity contribution is -0.115. The Balaban J connectivity index is 1.61. The lowest BCUT2D eigenvalue weighted by Crippen LogP contribution is -2.13. The van der Waals surface area contributed by atoms with Gasteiger partial charge in [-0.1, -0.05) is 72.3 Å². The van der Waals surface area contributed by atoms with Crippen LogP contribution in [0.5, 0.6) is 0 Å². The number of halogens is 1. The Morgan fingerprint density at radius 2 is 1.71 bits per heavy atom. The molecule has 0 aliphatic carbocycles. The molecule has 1 aromatic heterocycles. The standard InChI is InChI=1S/C28H22FN3OS/c1-19-11-13-20(14-12-19)22-17-26(21-7-3-2-4-8-21)32-28(23(22)18-30)34-16-15-27(33)31-25-10-6-5-9-24(25)29/h2-14,17H,15-16H2,1H3,(H,31,33). The minimum Gasteiger partial charge on any atom is -0.324 e. The van der Waals surface area contributed by atoms with E-state index in [4.69, 9.17) is 4.98 Å². The van der Waals surface area contributed by atoms with Gasteiger partial charge in [-0.2, -0.15) is 5.26 Å². The molecule has 0 radical (unpaired) electrons. The molecule has 3 aromatic carbocycles. The Morgan fingerprint density at radius 1 is 1.00 bits per heavy atom. The van der Waals surface area contributed by atoms with Crippen LogP contribution in [0.1, 0.15) is 17.5 Å². The van der Waals surface area contributed by atoms with Crippen molar-refractivity contribution in [3.05, 3.63) is 102 Å². The summed E-state index contributed by atoms with van der Waals surface area (Å²) < 4.78 is 13.8. The van der Waals surface area contributed by atoms with Crippen molar-refractivity contribution >= 4 is 23.4 Å². The molecule has 4 rings (SSSR count). The number of nitrogens with zero attached hydrogens (tertiary/aromatic N) is 2. The van der Waals surface area contributed by atoms with E-state index < -0.39 is 5.82 Å². The molecule has 4 nitrogen and oxygen atoms in total. The first kappa shape index (κ1) is 23.2. The number of nitriles is 1. The fraction of sp³-hybridized carbons (Fsp3) is 0.107. The van der Waals surface area contributed by atoms with Crippen molar-refractivity contribution in [2.24, 2.45) is 0 Å². The van der Waals surface area contributed by atoms with E-state index in [-0.39, 0.29) is 18.0 Å². The van der Waals surface area contributed by atoms with Gasteiger partial charge < -0.3 is 5.32 Å². The molecular formula is C28H22FN3OS. The first-order valence-electron chi connectivity index (χ1n) is 10.8. The van der Waals surface area contributed by atoms with Crippen molar-refractivity contribution in [2.45, 2.75) is 18.4 Å². The summed E-state index contributed by atoms with van der Waals surface area (Å²) >= 11 is 1.35. The van der Waals surface area contributed by atoms with Gasteiger partial charge in [0.1, 0.15) is 16.9 Å². The number of carbonyl (C=O) groups excluding carboxylic acids is 1. The number of rotatable bonds is 7. The predicted molar refractivity (Wildman–Crippen MR) is 135 cm³/mol. The number of para-hydroxylation sites is 1. The van der Waals surface area contributed by atoms with Crippen LogP contribution in [0.15, 0.2) is 90.0 Å². The zero-order valence-corrected chi connectivity index (χ0v) is 19.4. The number of nitrogens with one attached hydrogen (secondary N) is 1. The molecule has 34 heavy (non-hydrogen) atoms. The summed E-state index contributed by atoms with van der Waals surface area (Å²) in [6, 6.07) is 28.1. The topological polar surface area (TPSA) is 65.8 Å². The van der Waals surface area contributed by atoms with Crippen LogP contribution in [-0.2, 0) is 4.79 Å². The van der Waals surface area contributed by atoms with Gasteiger partial charge in [0, 0.05) is 23.3 Å². The van der Waals surface area contributed by atoms with Crippen LogP contribution in [0.4, 0.5) is 10.1 Å². The third-order valence-electron chi connectivity index (χ3n) is 5.25. The Morgan fingerprint density at radius 3 is 2.41 bits per heavy atom. The van der Waals surface area contributed by atoms with Crippen LogP contribution < -0.4 is 5.32 Å². The van der Waals surface area contributed by atoms with Crippen molar-refractivity contribution in [1.82, 2.24) is 4.98 Å². The fourth-order valence-electron chi connectivity index (χ4n) is 3.47. The number of hydrogen-bond acceptors (Lipinski definition) is 4. The Bertz CT molecular complexity index is 1350. The summed E-state index contributed by atoms with van der Waals surface area (Å²) in [5.74, 6) is -0.377. The van der Waals surface area contributed by atoms with Crippen LogP contribution in [0.25, 0.3) is 22.4 Å². The second-order valence-corrected chi connectivity index (χ2v) is 8.79. The summed E-state index contributed by atoms with van der Waals surface area (Å²) in [5, 5.41) is 13.1. The third kappa shape index (κ3) is 5.51. The highest BCUT2D eigenvalue weighted by Crippen LogP contribution is 2.34. The fourth-order valence-corrected chi connectivity index (χ4v) is 4.41. The van der Waals surface area contributed by atoms with Crippen molar-refractivity contribution in [2.75, 3.05) is 11.1 Å². The number of anilines is 1. The number of carbonyl (C=O) groups is 1. The third-order valence-corrected chi connectivity index (χ3v) is 6.22. The first-order chi connectivity index (χ1) is 16.5. The molecule has 4 aromatic rings. The maximum absolute atomic E-state index is 13.8. The van der Waals surface area contributed by atoms with E-state index in [1.165, 1.54) is 23.9 Å². The van der Waals surface area contributed by atoms with Crippen molar-refractivity contribution in [3.63, 3.8) is 0 Å². The van der Waals surface area contributed by atoms with Crippen molar-refractivity contribution in [1.29, 1.82) is 5.26 Å². The van der Waals surface area contributed by atoms with Gasteiger partial charge in [0.2, 0.25) is 5.91 Å². The minimum absolute atomic E-state index is 0.154. The average Bonchev–Trinajstić information content (AvgIpc) is 2.86. The van der Waals surface area contributed by atoms with Gasteiger partial charge in [-0.05, 0) is 30.7 Å². The highest BCUT2D eigenvalue weighted by molar-refractivity contribution is 7.99. The number of pyridine rings is 1. The lowest BCUT2D eigenvalue weighted by Gasteiger charge is -2.13. The largest absolute Gasteiger partial charge is 0.324 e. The van der Waals surface area contributed by atoms with E-state index in [0.29, 0.717) is 16.3 Å². The smallest absolute Gasteiger partial charge is 0.225 e. The monoisotopic (exact) mass is 467 g/mol. The Hall–Kier alpha value is -3.95. The van der Waals surface area contributed by atoms with E-state index in [0.717, 1.165) is 27.9 Å². The number of hydrogen-bond donors (Lipinski definition) is 1. The summed E-state index contributed by atoms with van der Waals surface area (Å²) in [7, 11) is 0. The molecule has 1 heterocycles. The molecule has 0 spiro atoms. The molecular weight excluding hydrogens is 445 g/mol. The minimum atomic E-state index is -0.477. The second kappa shape index (κ2) is 10.8.